The van der Waals surface area contributed by atoms with Crippen molar-refractivity contribution in [3.63, 3.8) is 0 Å². The number of fused-ring (bicyclic) bond motifs is 6. The Labute approximate surface area is 335 Å². The molecule has 0 amide bonds. The fourth-order valence-corrected chi connectivity index (χ4v) is 9.11. The number of nitrogens with zero attached hydrogens (tertiary/aromatic N) is 2. The van der Waals surface area contributed by atoms with E-state index in [2.05, 4.69) is 147 Å². The average Bonchev–Trinajstić information content (AvgIpc) is 3.86. The van der Waals surface area contributed by atoms with Gasteiger partial charge in [-0.05, 0) is 64.1 Å². The maximum Gasteiger partial charge on any atom is 0.160 e. The van der Waals surface area contributed by atoms with E-state index in [1.165, 1.54) is 36.9 Å². The van der Waals surface area contributed by atoms with Gasteiger partial charge in [-0.25, -0.2) is 9.98 Å². The Bertz CT molecular complexity index is 3170. The summed E-state index contributed by atoms with van der Waals surface area (Å²) in [7, 11) is 0. The van der Waals surface area contributed by atoms with E-state index < -0.39 is 0 Å². The molecule has 0 saturated heterocycles. The quantitative estimate of drug-likeness (QED) is 0.118. The molecule has 0 fully saturated rings. The summed E-state index contributed by atoms with van der Waals surface area (Å²) in [4.78, 5) is 10.6. The van der Waals surface area contributed by atoms with Gasteiger partial charge in [0, 0.05) is 47.8 Å². The maximum atomic E-state index is 6.59. The van der Waals surface area contributed by atoms with Crippen LogP contribution in [0.25, 0.3) is 81.2 Å². The van der Waals surface area contributed by atoms with Gasteiger partial charge in [-0.2, -0.15) is 0 Å². The molecule has 10 aromatic rings. The molecule has 0 radical (unpaired) electrons. The van der Waals surface area contributed by atoms with Gasteiger partial charge in [0.25, 0.3) is 0 Å². The predicted octanol–water partition coefficient (Wildman–Crippen LogP) is 14.9. The van der Waals surface area contributed by atoms with Crippen molar-refractivity contribution >= 4 is 70.7 Å². The molecule has 0 N–H and O–H groups in total. The molecule has 4 heteroatoms. The highest BCUT2D eigenvalue weighted by atomic mass is 32.1. The molecule has 3 nitrogen and oxygen atoms in total. The fraction of sp³-hybridized carbons (Fsp3) is 0.0189. The molecule has 0 spiro atoms. The first-order valence-electron chi connectivity index (χ1n) is 19.1. The molecule has 2 heterocycles. The molecule has 0 aliphatic heterocycles. The molecular formula is C53H36N2OS. The second kappa shape index (κ2) is 14.5. The van der Waals surface area contributed by atoms with Gasteiger partial charge in [0.15, 0.2) is 5.84 Å². The normalized spacial score (nSPS) is 12.2. The Morgan fingerprint density at radius 2 is 1.02 bits per heavy atom. The van der Waals surface area contributed by atoms with Gasteiger partial charge in [-0.15, -0.1) is 11.3 Å². The number of amidine groups is 1. The highest BCUT2D eigenvalue weighted by Gasteiger charge is 2.20. The van der Waals surface area contributed by atoms with Crippen molar-refractivity contribution in [3.8, 4) is 33.4 Å². The number of rotatable bonds is 7. The van der Waals surface area contributed by atoms with Crippen molar-refractivity contribution in [2.24, 2.45) is 9.98 Å². The lowest BCUT2D eigenvalue weighted by Crippen LogP contribution is -2.05. The number of furan rings is 1. The first-order valence-corrected chi connectivity index (χ1v) is 19.9. The molecular weight excluding hydrogens is 713 g/mol. The first-order chi connectivity index (χ1) is 28.1. The number of aliphatic imine (C=N–C) groups is 2. The molecule has 10 rings (SSSR count). The van der Waals surface area contributed by atoms with Crippen molar-refractivity contribution in [3.05, 3.63) is 211 Å². The smallest absolute Gasteiger partial charge is 0.160 e. The molecule has 2 aromatic heterocycles. The van der Waals surface area contributed by atoms with E-state index in [4.69, 9.17) is 14.4 Å². The minimum absolute atomic E-state index is 0.580. The lowest BCUT2D eigenvalue weighted by molar-refractivity contribution is 0.669. The van der Waals surface area contributed by atoms with Crippen LogP contribution >= 0.6 is 11.3 Å². The van der Waals surface area contributed by atoms with E-state index in [1.807, 2.05) is 54.6 Å². The lowest BCUT2D eigenvalue weighted by Gasteiger charge is -2.11. The topological polar surface area (TPSA) is 37.9 Å². The van der Waals surface area contributed by atoms with Crippen LogP contribution in [-0.2, 0) is 0 Å². The molecule has 0 aliphatic rings. The molecule has 57 heavy (non-hydrogen) atoms. The monoisotopic (exact) mass is 748 g/mol. The maximum absolute atomic E-state index is 6.59. The van der Waals surface area contributed by atoms with Crippen LogP contribution in [0.1, 0.15) is 23.6 Å². The van der Waals surface area contributed by atoms with Crippen molar-refractivity contribution in [1.29, 1.82) is 0 Å². The standard InChI is InChI=1S/C53H36N2OS/c1-34(36-14-5-3-6-15-36)54-53(55-35(2)42-19-11-21-45-44-18-9-10-25-49(44)57-52(42)45)46-22-13-24-48-51(46)50-43(20-12-23-47(50)56-48)41-32-30-40(31-33-41)39-28-26-38(27-29-39)37-16-7-4-8-17-37/h3-33H,1H2,2H3/b54-53-,55-35+. The van der Waals surface area contributed by atoms with Crippen LogP contribution in [0.15, 0.2) is 209 Å². The summed E-state index contributed by atoms with van der Waals surface area (Å²) >= 11 is 1.80. The van der Waals surface area contributed by atoms with Crippen molar-refractivity contribution < 1.29 is 4.42 Å². The summed E-state index contributed by atoms with van der Waals surface area (Å²) < 4.78 is 9.07. The van der Waals surface area contributed by atoms with Crippen LogP contribution in [0.3, 0.4) is 0 Å². The summed E-state index contributed by atoms with van der Waals surface area (Å²) in [6, 6.07) is 65.7. The Morgan fingerprint density at radius 3 is 1.74 bits per heavy atom. The third kappa shape index (κ3) is 6.36. The Balaban J connectivity index is 1.10. The van der Waals surface area contributed by atoms with Crippen LogP contribution in [-0.4, -0.2) is 11.5 Å². The van der Waals surface area contributed by atoms with E-state index in [1.54, 1.807) is 11.3 Å². The Hall–Kier alpha value is -7.14. The van der Waals surface area contributed by atoms with Gasteiger partial charge < -0.3 is 4.42 Å². The van der Waals surface area contributed by atoms with E-state index >= 15 is 0 Å². The van der Waals surface area contributed by atoms with Crippen molar-refractivity contribution in [2.45, 2.75) is 6.92 Å². The SMILES string of the molecule is C=C(/N=C(\N=C(/C)c1cccc2c1sc1ccccc12)c1cccc2oc3cccc(-c4ccc(-c5ccc(-c6ccccc6)cc5)cc4)c3c12)c1ccccc1. The van der Waals surface area contributed by atoms with Gasteiger partial charge in [0.05, 0.1) is 5.70 Å². The van der Waals surface area contributed by atoms with E-state index in [0.29, 0.717) is 11.5 Å². The lowest BCUT2D eigenvalue weighted by atomic mass is 9.95. The summed E-state index contributed by atoms with van der Waals surface area (Å²) in [6.07, 6.45) is 0. The van der Waals surface area contributed by atoms with Gasteiger partial charge >= 0.3 is 0 Å². The van der Waals surface area contributed by atoms with E-state index in [0.717, 1.165) is 61.0 Å². The number of hydrogen-bond donors (Lipinski definition) is 0. The fourth-order valence-electron chi connectivity index (χ4n) is 7.84. The van der Waals surface area contributed by atoms with E-state index in [-0.39, 0.29) is 0 Å². The average molecular weight is 749 g/mol. The molecule has 0 aliphatic carbocycles. The van der Waals surface area contributed by atoms with Gasteiger partial charge in [-0.1, -0.05) is 176 Å². The third-order valence-corrected chi connectivity index (χ3v) is 11.9. The second-order valence-corrected chi connectivity index (χ2v) is 15.3. The zero-order valence-electron chi connectivity index (χ0n) is 31.3. The van der Waals surface area contributed by atoms with Gasteiger partial charge in [-0.3, -0.25) is 0 Å². The summed E-state index contributed by atoms with van der Waals surface area (Å²) in [6.45, 7) is 6.50. The summed E-state index contributed by atoms with van der Waals surface area (Å²) in [5.74, 6) is 0.580. The molecule has 0 bridgehead atoms. The third-order valence-electron chi connectivity index (χ3n) is 10.7. The Morgan fingerprint density at radius 1 is 0.474 bits per heavy atom. The van der Waals surface area contributed by atoms with Crippen molar-refractivity contribution in [2.75, 3.05) is 0 Å². The first kappa shape index (κ1) is 34.4. The largest absolute Gasteiger partial charge is 0.456 e. The van der Waals surface area contributed by atoms with Crippen molar-refractivity contribution in [1.82, 2.24) is 0 Å². The molecule has 0 unspecified atom stereocenters. The molecule has 270 valence electrons. The summed E-state index contributed by atoms with van der Waals surface area (Å²) in [5.41, 5.74) is 13.0. The highest BCUT2D eigenvalue weighted by molar-refractivity contribution is 7.26. The number of benzene rings is 8. The van der Waals surface area contributed by atoms with Crippen LogP contribution in [0.4, 0.5) is 0 Å². The molecule has 0 atom stereocenters. The van der Waals surface area contributed by atoms with Crippen LogP contribution in [0.2, 0.25) is 0 Å². The van der Waals surface area contributed by atoms with Crippen LogP contribution in [0.5, 0.6) is 0 Å². The highest BCUT2D eigenvalue weighted by Crippen LogP contribution is 2.40. The number of thiophene rings is 1. The van der Waals surface area contributed by atoms with E-state index in [9.17, 15) is 0 Å². The van der Waals surface area contributed by atoms with Gasteiger partial charge in [0.2, 0.25) is 0 Å². The zero-order valence-corrected chi connectivity index (χ0v) is 32.1. The predicted molar refractivity (Wildman–Crippen MR) is 244 cm³/mol. The Kier molecular flexibility index (Phi) is 8.74. The minimum atomic E-state index is 0.580. The number of hydrogen-bond acceptors (Lipinski definition) is 3. The molecule has 8 aromatic carbocycles. The second-order valence-electron chi connectivity index (χ2n) is 14.2. The minimum Gasteiger partial charge on any atom is -0.456 e. The zero-order chi connectivity index (χ0) is 38.3. The summed E-state index contributed by atoms with van der Waals surface area (Å²) in [5, 5.41) is 4.49. The van der Waals surface area contributed by atoms with Crippen LogP contribution < -0.4 is 0 Å². The molecule has 0 saturated carbocycles. The van der Waals surface area contributed by atoms with Gasteiger partial charge in [0.1, 0.15) is 11.2 Å². The van der Waals surface area contributed by atoms with Crippen LogP contribution in [0, 0.1) is 0 Å².